The Morgan fingerprint density at radius 2 is 0.738 bits per heavy atom. The van der Waals surface area contributed by atoms with E-state index in [4.69, 9.17) is 9.47 Å². The van der Waals surface area contributed by atoms with E-state index >= 15 is 0 Å². The van der Waals surface area contributed by atoms with E-state index in [2.05, 4.69) is 79.9 Å². The van der Waals surface area contributed by atoms with E-state index in [0.29, 0.717) is 6.42 Å². The topological polar surface area (TPSA) is 149 Å². The van der Waals surface area contributed by atoms with Gasteiger partial charge < -0.3 is 40.3 Å². The average Bonchev–Trinajstić information content (AvgIpc) is 3.70. The Kier molecular flexibility index (Phi) is 60.3. The van der Waals surface area contributed by atoms with Crippen LogP contribution in [-0.4, -0.2) is 87.5 Å². The Labute approximate surface area is 519 Å². The van der Waals surface area contributed by atoms with Crippen molar-refractivity contribution in [3.63, 3.8) is 0 Å². The van der Waals surface area contributed by atoms with Crippen molar-refractivity contribution in [3.05, 3.63) is 72.9 Å². The molecule has 1 aliphatic heterocycles. The zero-order valence-corrected chi connectivity index (χ0v) is 54.9. The summed E-state index contributed by atoms with van der Waals surface area (Å²) in [4.78, 5) is 13.1. The number of aliphatic hydroxyl groups is 5. The van der Waals surface area contributed by atoms with E-state index in [9.17, 15) is 30.3 Å². The lowest BCUT2D eigenvalue weighted by Gasteiger charge is -2.40. The molecule has 0 saturated carbocycles. The molecule has 0 bridgehead atoms. The molecule has 1 heterocycles. The van der Waals surface area contributed by atoms with E-state index in [1.807, 2.05) is 6.08 Å². The van der Waals surface area contributed by atoms with Crippen LogP contribution in [0.15, 0.2) is 72.9 Å². The monoisotopic (exact) mass is 1180 g/mol. The normalized spacial score (nSPS) is 18.6. The number of aliphatic hydroxyl groups excluding tert-OH is 5. The Morgan fingerprint density at radius 3 is 1.10 bits per heavy atom. The number of hydrogen-bond donors (Lipinski definition) is 6. The molecule has 7 unspecified atom stereocenters. The fourth-order valence-electron chi connectivity index (χ4n) is 11.4. The van der Waals surface area contributed by atoms with Gasteiger partial charge in [0.15, 0.2) is 6.29 Å². The maximum absolute atomic E-state index is 13.1. The number of ether oxygens (including phenoxy) is 2. The van der Waals surface area contributed by atoms with Crippen molar-refractivity contribution < 1.29 is 39.8 Å². The van der Waals surface area contributed by atoms with E-state index in [-0.39, 0.29) is 12.5 Å². The fraction of sp³-hybridized carbons (Fsp3) is 0.827. The molecule has 0 spiro atoms. The predicted molar refractivity (Wildman–Crippen MR) is 359 cm³/mol. The molecule has 1 amide bonds. The smallest absolute Gasteiger partial charge is 0.220 e. The van der Waals surface area contributed by atoms with Gasteiger partial charge in [0.05, 0.1) is 25.4 Å². The van der Waals surface area contributed by atoms with Gasteiger partial charge >= 0.3 is 0 Å². The summed E-state index contributed by atoms with van der Waals surface area (Å²) in [7, 11) is 0. The molecule has 1 rings (SSSR count). The Morgan fingerprint density at radius 1 is 0.417 bits per heavy atom. The molecule has 6 N–H and O–H groups in total. The SMILES string of the molecule is CC/C=C\C/C=C\C/C=C\C/C=C\C/C=C\CCCCCCCCCCCCCCCCCCCC(=O)NC(COC1OC(CO)C(O)C(O)C1O)C(O)/C=C/CCCCCCCCCCCCCCCCCCCCCCCCCCCC. The summed E-state index contributed by atoms with van der Waals surface area (Å²) in [6.07, 6.45) is 83.0. The maximum atomic E-state index is 13.1. The van der Waals surface area contributed by atoms with Crippen LogP contribution in [0.25, 0.3) is 0 Å². The van der Waals surface area contributed by atoms with E-state index in [1.165, 1.54) is 250 Å². The Bertz CT molecular complexity index is 1560. The molecular weight excluding hydrogens is 1040 g/mol. The summed E-state index contributed by atoms with van der Waals surface area (Å²) in [6, 6.07) is -0.809. The third kappa shape index (κ3) is 51.7. The van der Waals surface area contributed by atoms with Crippen LogP contribution in [0.4, 0.5) is 0 Å². The zero-order chi connectivity index (χ0) is 60.7. The first-order valence-electron chi connectivity index (χ1n) is 36.2. The molecule has 1 aliphatic rings. The number of carbonyl (C=O) groups is 1. The second-order valence-electron chi connectivity index (χ2n) is 25.0. The van der Waals surface area contributed by atoms with Gasteiger partial charge in [-0.05, 0) is 64.2 Å². The van der Waals surface area contributed by atoms with Crippen LogP contribution in [0.5, 0.6) is 0 Å². The molecule has 9 heteroatoms. The average molecular weight is 1180 g/mol. The van der Waals surface area contributed by atoms with E-state index in [1.54, 1.807) is 6.08 Å². The largest absolute Gasteiger partial charge is 0.394 e. The van der Waals surface area contributed by atoms with Crippen molar-refractivity contribution in [2.45, 2.75) is 384 Å². The molecule has 7 atom stereocenters. The van der Waals surface area contributed by atoms with Crippen molar-refractivity contribution in [1.29, 1.82) is 0 Å². The van der Waals surface area contributed by atoms with Gasteiger partial charge in [-0.3, -0.25) is 4.79 Å². The number of rotatable bonds is 63. The number of carbonyl (C=O) groups excluding carboxylic acids is 1. The van der Waals surface area contributed by atoms with Crippen molar-refractivity contribution >= 4 is 5.91 Å². The quantitative estimate of drug-likeness (QED) is 0.0261. The standard InChI is InChI=1S/C75H137NO8/c1-3-5-7-9-11-13-15-17-19-21-23-25-27-29-31-33-34-35-36-37-39-41-43-45-47-49-51-53-55-57-59-61-63-65-71(79)76-68(67-83-75-74(82)73(81)72(80)70(66-77)84-75)69(78)64-62-60-58-56-54-52-50-48-46-44-42-40-38-32-30-28-26-24-22-20-18-16-14-12-10-8-6-4-2/h5,7,11,13,17,19,23,25,29,31,62,64,68-70,72-75,77-78,80-82H,3-4,6,8-10,12,14-16,18,20-22,24,26-28,30,32-61,63,65-67H2,1-2H3,(H,76,79)/b7-5-,13-11-,19-17-,25-23-,31-29-,64-62+. The van der Waals surface area contributed by atoms with Gasteiger partial charge in [0.1, 0.15) is 24.4 Å². The van der Waals surface area contributed by atoms with Crippen LogP contribution in [0.3, 0.4) is 0 Å². The minimum atomic E-state index is -1.57. The summed E-state index contributed by atoms with van der Waals surface area (Å²) >= 11 is 0. The fourth-order valence-corrected chi connectivity index (χ4v) is 11.4. The van der Waals surface area contributed by atoms with Crippen LogP contribution in [0, 0.1) is 0 Å². The molecule has 1 fully saturated rings. The molecule has 0 aromatic carbocycles. The number of hydrogen-bond acceptors (Lipinski definition) is 8. The van der Waals surface area contributed by atoms with Crippen molar-refractivity contribution in [2.75, 3.05) is 13.2 Å². The molecule has 84 heavy (non-hydrogen) atoms. The van der Waals surface area contributed by atoms with Gasteiger partial charge in [-0.25, -0.2) is 0 Å². The van der Waals surface area contributed by atoms with Gasteiger partial charge in [-0.1, -0.05) is 344 Å². The first-order chi connectivity index (χ1) is 41.3. The lowest BCUT2D eigenvalue weighted by molar-refractivity contribution is -0.302. The lowest BCUT2D eigenvalue weighted by Crippen LogP contribution is -2.60. The van der Waals surface area contributed by atoms with Crippen LogP contribution in [-0.2, 0) is 14.3 Å². The number of nitrogens with one attached hydrogen (secondary N) is 1. The second kappa shape index (κ2) is 63.6. The number of unbranched alkanes of at least 4 members (excludes halogenated alkanes) is 43. The van der Waals surface area contributed by atoms with Crippen molar-refractivity contribution in [2.24, 2.45) is 0 Å². The highest BCUT2D eigenvalue weighted by molar-refractivity contribution is 5.76. The number of allylic oxidation sites excluding steroid dienone is 11. The molecule has 0 aromatic heterocycles. The maximum Gasteiger partial charge on any atom is 0.220 e. The van der Waals surface area contributed by atoms with Gasteiger partial charge in [0.2, 0.25) is 5.91 Å². The van der Waals surface area contributed by atoms with Gasteiger partial charge in [0.25, 0.3) is 0 Å². The lowest BCUT2D eigenvalue weighted by atomic mass is 9.99. The molecule has 1 saturated heterocycles. The Hall–Kier alpha value is -2.37. The molecular formula is C75H137NO8. The van der Waals surface area contributed by atoms with Crippen LogP contribution in [0.1, 0.15) is 341 Å². The van der Waals surface area contributed by atoms with Gasteiger partial charge in [0, 0.05) is 6.42 Å². The summed E-state index contributed by atoms with van der Waals surface area (Å²) in [5.74, 6) is -0.173. The molecule has 0 radical (unpaired) electrons. The third-order valence-electron chi connectivity index (χ3n) is 17.0. The van der Waals surface area contributed by atoms with E-state index < -0.39 is 49.5 Å². The van der Waals surface area contributed by atoms with Gasteiger partial charge in [-0.15, -0.1) is 0 Å². The van der Waals surface area contributed by atoms with E-state index in [0.717, 1.165) is 70.6 Å². The molecule has 0 aromatic rings. The predicted octanol–water partition coefficient (Wildman–Crippen LogP) is 19.9. The summed E-state index contributed by atoms with van der Waals surface area (Å²) in [5, 5.41) is 54.8. The van der Waals surface area contributed by atoms with Crippen molar-refractivity contribution in [3.8, 4) is 0 Å². The van der Waals surface area contributed by atoms with Crippen LogP contribution < -0.4 is 5.32 Å². The minimum absolute atomic E-state index is 0.173. The highest BCUT2D eigenvalue weighted by Gasteiger charge is 2.44. The van der Waals surface area contributed by atoms with Crippen LogP contribution in [0.2, 0.25) is 0 Å². The Balaban J connectivity index is 2.12. The summed E-state index contributed by atoms with van der Waals surface area (Å²) in [6.45, 7) is 3.71. The third-order valence-corrected chi connectivity index (χ3v) is 17.0. The van der Waals surface area contributed by atoms with Crippen LogP contribution >= 0.6 is 0 Å². The zero-order valence-electron chi connectivity index (χ0n) is 54.9. The first-order valence-corrected chi connectivity index (χ1v) is 36.2. The first kappa shape index (κ1) is 79.6. The van der Waals surface area contributed by atoms with Gasteiger partial charge in [-0.2, -0.15) is 0 Å². The molecule has 9 nitrogen and oxygen atoms in total. The number of amides is 1. The highest BCUT2D eigenvalue weighted by Crippen LogP contribution is 2.23. The highest BCUT2D eigenvalue weighted by atomic mass is 16.7. The van der Waals surface area contributed by atoms with Crippen molar-refractivity contribution in [1.82, 2.24) is 5.32 Å². The molecule has 0 aliphatic carbocycles. The summed E-state index contributed by atoms with van der Waals surface area (Å²) in [5.41, 5.74) is 0. The molecule has 490 valence electrons. The minimum Gasteiger partial charge on any atom is -0.394 e. The second-order valence-corrected chi connectivity index (χ2v) is 25.0. The summed E-state index contributed by atoms with van der Waals surface area (Å²) < 4.78 is 11.3.